The summed E-state index contributed by atoms with van der Waals surface area (Å²) in [6, 6.07) is 4.93. The number of benzene rings is 1. The third kappa shape index (κ3) is 2.45. The molecule has 0 spiro atoms. The van der Waals surface area contributed by atoms with Crippen molar-refractivity contribution in [2.45, 2.75) is 4.90 Å². The molecule has 0 bridgehead atoms. The number of hydrogen-bond donors (Lipinski definition) is 1. The maximum atomic E-state index is 13.1. The van der Waals surface area contributed by atoms with Gasteiger partial charge < -0.3 is 0 Å². The van der Waals surface area contributed by atoms with Gasteiger partial charge in [-0.3, -0.25) is 9.78 Å². The number of H-pyrrole nitrogens is 1. The first-order valence-electron chi connectivity index (χ1n) is 4.85. The highest BCUT2D eigenvalue weighted by molar-refractivity contribution is 7.90. The van der Waals surface area contributed by atoms with E-state index >= 15 is 0 Å². The highest BCUT2D eigenvalue weighted by Gasteiger charge is 2.20. The van der Waals surface area contributed by atoms with Crippen molar-refractivity contribution in [2.75, 3.05) is 0 Å². The van der Waals surface area contributed by atoms with Crippen LogP contribution in [0.2, 0.25) is 5.02 Å². The van der Waals surface area contributed by atoms with Crippen LogP contribution in [-0.4, -0.2) is 17.4 Å². The number of hydrogen-bond acceptors (Lipinski definition) is 4. The molecule has 0 atom stereocenters. The minimum atomic E-state index is -4.29. The van der Waals surface area contributed by atoms with E-state index in [9.17, 15) is 22.4 Å². The number of nitrogens with one attached hydrogen (secondary N) is 1. The standard InChI is InChI=1S/C10H6ClFN2O4S/c11-6-1-3-7(4-2-6)19(17,18)14-5-8(12)9(15)13-10(14)16/h1-5H,(H,13,15,16). The third-order valence-electron chi connectivity index (χ3n) is 2.24. The van der Waals surface area contributed by atoms with Gasteiger partial charge in [-0.2, -0.15) is 8.36 Å². The van der Waals surface area contributed by atoms with Gasteiger partial charge in [-0.25, -0.2) is 13.2 Å². The Hall–Kier alpha value is -1.93. The van der Waals surface area contributed by atoms with Crippen molar-refractivity contribution < 1.29 is 12.8 Å². The third-order valence-corrected chi connectivity index (χ3v) is 4.15. The summed E-state index contributed by atoms with van der Waals surface area (Å²) in [5.74, 6) is -1.38. The predicted molar refractivity (Wildman–Crippen MR) is 65.3 cm³/mol. The fourth-order valence-electron chi connectivity index (χ4n) is 1.33. The van der Waals surface area contributed by atoms with Crippen LogP contribution in [0.5, 0.6) is 0 Å². The van der Waals surface area contributed by atoms with E-state index in [1.165, 1.54) is 12.1 Å². The molecule has 1 N–H and O–H groups in total. The Morgan fingerprint density at radius 3 is 2.32 bits per heavy atom. The van der Waals surface area contributed by atoms with Gasteiger partial charge in [0.15, 0.2) is 0 Å². The molecule has 0 aliphatic carbocycles. The number of aromatic amines is 1. The largest absolute Gasteiger partial charge is 0.342 e. The van der Waals surface area contributed by atoms with Crippen LogP contribution < -0.4 is 11.2 Å². The molecule has 0 aliphatic heterocycles. The summed E-state index contributed by atoms with van der Waals surface area (Å²) < 4.78 is 37.3. The van der Waals surface area contributed by atoms with Gasteiger partial charge in [-0.1, -0.05) is 11.6 Å². The lowest BCUT2D eigenvalue weighted by atomic mass is 10.4. The second-order valence-corrected chi connectivity index (χ2v) is 5.74. The monoisotopic (exact) mass is 304 g/mol. The molecule has 1 aromatic heterocycles. The van der Waals surface area contributed by atoms with Crippen molar-refractivity contribution >= 4 is 21.6 Å². The molecule has 100 valence electrons. The van der Waals surface area contributed by atoms with Crippen molar-refractivity contribution in [2.24, 2.45) is 0 Å². The summed E-state index contributed by atoms with van der Waals surface area (Å²) >= 11 is 5.61. The first-order valence-corrected chi connectivity index (χ1v) is 6.67. The maximum absolute atomic E-state index is 13.1. The minimum absolute atomic E-state index is 0.118. The number of rotatable bonds is 2. The highest BCUT2D eigenvalue weighted by Crippen LogP contribution is 2.15. The summed E-state index contributed by atoms with van der Waals surface area (Å²) in [4.78, 5) is 23.6. The van der Waals surface area contributed by atoms with Crippen LogP contribution in [0.4, 0.5) is 4.39 Å². The summed E-state index contributed by atoms with van der Waals surface area (Å²) in [5, 5.41) is 0.305. The molecule has 0 aliphatic rings. The van der Waals surface area contributed by atoms with Crippen molar-refractivity contribution in [1.82, 2.24) is 8.96 Å². The number of aromatic nitrogens is 2. The first kappa shape index (κ1) is 13.5. The fraction of sp³-hybridized carbons (Fsp3) is 0. The lowest BCUT2D eigenvalue weighted by molar-refractivity contribution is 0.564. The Bertz CT molecular complexity index is 839. The molecule has 0 fully saturated rings. The van der Waals surface area contributed by atoms with E-state index in [2.05, 4.69) is 0 Å². The van der Waals surface area contributed by atoms with Crippen LogP contribution in [0.1, 0.15) is 0 Å². The zero-order valence-corrected chi connectivity index (χ0v) is 10.7. The van der Waals surface area contributed by atoms with E-state index < -0.39 is 27.1 Å². The van der Waals surface area contributed by atoms with Crippen LogP contribution in [0, 0.1) is 5.82 Å². The van der Waals surface area contributed by atoms with Crippen molar-refractivity contribution in [3.05, 3.63) is 62.1 Å². The Kier molecular flexibility index (Phi) is 3.29. The lowest BCUT2D eigenvalue weighted by Gasteiger charge is -2.06. The van der Waals surface area contributed by atoms with Crippen LogP contribution >= 0.6 is 11.6 Å². The SMILES string of the molecule is O=c1[nH]c(=O)n(S(=O)(=O)c2ccc(Cl)cc2)cc1F. The Morgan fingerprint density at radius 2 is 1.74 bits per heavy atom. The van der Waals surface area contributed by atoms with Gasteiger partial charge >= 0.3 is 5.69 Å². The smallest absolute Gasteiger partial charge is 0.271 e. The van der Waals surface area contributed by atoms with Gasteiger partial charge in [0, 0.05) is 5.02 Å². The highest BCUT2D eigenvalue weighted by atomic mass is 35.5. The summed E-state index contributed by atoms with van der Waals surface area (Å²) in [5.41, 5.74) is -2.53. The maximum Gasteiger partial charge on any atom is 0.342 e. The van der Waals surface area contributed by atoms with Gasteiger partial charge in [0.05, 0.1) is 11.1 Å². The van der Waals surface area contributed by atoms with Crippen LogP contribution in [-0.2, 0) is 10.0 Å². The van der Waals surface area contributed by atoms with E-state index in [4.69, 9.17) is 11.6 Å². The molecule has 0 unspecified atom stereocenters. The Balaban J connectivity index is 2.70. The molecule has 9 heteroatoms. The molecule has 0 saturated heterocycles. The molecule has 1 aromatic carbocycles. The number of halogens is 2. The van der Waals surface area contributed by atoms with Gasteiger partial charge in [0.1, 0.15) is 0 Å². The van der Waals surface area contributed by atoms with Gasteiger partial charge in [0.25, 0.3) is 15.6 Å². The van der Waals surface area contributed by atoms with Crippen molar-refractivity contribution in [3.8, 4) is 0 Å². The van der Waals surface area contributed by atoms with Crippen molar-refractivity contribution in [3.63, 3.8) is 0 Å². The average molecular weight is 305 g/mol. The summed E-state index contributed by atoms with van der Waals surface area (Å²) in [7, 11) is -4.29. The normalized spacial score (nSPS) is 11.5. The molecule has 2 rings (SSSR count). The molecule has 0 saturated carbocycles. The lowest BCUT2D eigenvalue weighted by Crippen LogP contribution is -2.35. The number of nitrogens with zero attached hydrogens (tertiary/aromatic N) is 1. The fourth-order valence-corrected chi connectivity index (χ4v) is 2.66. The summed E-state index contributed by atoms with van der Waals surface area (Å²) in [6.45, 7) is 0. The minimum Gasteiger partial charge on any atom is -0.271 e. The molecule has 0 radical (unpaired) electrons. The van der Waals surface area contributed by atoms with Gasteiger partial charge in [-0.15, -0.1) is 0 Å². The Labute approximate surface area is 111 Å². The molecule has 19 heavy (non-hydrogen) atoms. The van der Waals surface area contributed by atoms with E-state index in [1.54, 1.807) is 4.98 Å². The van der Waals surface area contributed by atoms with Crippen LogP contribution in [0.25, 0.3) is 0 Å². The molecular formula is C10H6ClFN2O4S. The van der Waals surface area contributed by atoms with E-state index in [-0.39, 0.29) is 8.87 Å². The second-order valence-electron chi connectivity index (χ2n) is 3.49. The predicted octanol–water partition coefficient (Wildman–Crippen LogP) is 0.566. The molecule has 1 heterocycles. The molecule has 2 aromatic rings. The zero-order chi connectivity index (χ0) is 14.2. The van der Waals surface area contributed by atoms with E-state index in [1.807, 2.05) is 0 Å². The van der Waals surface area contributed by atoms with Gasteiger partial charge in [-0.05, 0) is 24.3 Å². The quantitative estimate of drug-likeness (QED) is 0.878. The molecular weight excluding hydrogens is 299 g/mol. The molecule has 0 amide bonds. The van der Waals surface area contributed by atoms with E-state index in [0.717, 1.165) is 12.1 Å². The van der Waals surface area contributed by atoms with E-state index in [0.29, 0.717) is 11.2 Å². The first-order chi connectivity index (χ1) is 8.82. The second kappa shape index (κ2) is 4.63. The van der Waals surface area contributed by atoms with Crippen LogP contribution in [0.15, 0.2) is 44.9 Å². The molecule has 6 nitrogen and oxygen atoms in total. The van der Waals surface area contributed by atoms with Crippen molar-refractivity contribution in [1.29, 1.82) is 0 Å². The Morgan fingerprint density at radius 1 is 1.16 bits per heavy atom. The summed E-state index contributed by atoms with van der Waals surface area (Å²) in [6.07, 6.45) is 0.325. The van der Waals surface area contributed by atoms with Crippen LogP contribution in [0.3, 0.4) is 0 Å². The topological polar surface area (TPSA) is 89.0 Å². The average Bonchev–Trinajstić information content (AvgIpc) is 2.34. The van der Waals surface area contributed by atoms with Gasteiger partial charge in [0.2, 0.25) is 5.82 Å². The zero-order valence-electron chi connectivity index (χ0n) is 9.13.